The van der Waals surface area contributed by atoms with Crippen molar-refractivity contribution in [3.05, 3.63) is 54.0 Å². The van der Waals surface area contributed by atoms with Gasteiger partial charge in [0, 0.05) is 24.7 Å². The fourth-order valence-corrected chi connectivity index (χ4v) is 1.83. The Labute approximate surface area is 107 Å². The van der Waals surface area contributed by atoms with Crippen LogP contribution in [0.25, 0.3) is 0 Å². The van der Waals surface area contributed by atoms with Crippen LogP contribution in [0.2, 0.25) is 0 Å². The summed E-state index contributed by atoms with van der Waals surface area (Å²) >= 11 is 0. The van der Waals surface area contributed by atoms with E-state index in [1.807, 2.05) is 50.4 Å². The Morgan fingerprint density at radius 1 is 1.22 bits per heavy atom. The highest BCUT2D eigenvalue weighted by Gasteiger charge is 2.06. The number of rotatable bonds is 5. The molecule has 0 saturated carbocycles. The number of furan rings is 1. The van der Waals surface area contributed by atoms with Gasteiger partial charge < -0.3 is 9.32 Å². The van der Waals surface area contributed by atoms with Crippen molar-refractivity contribution in [2.24, 2.45) is 0 Å². The van der Waals surface area contributed by atoms with Gasteiger partial charge in [0.2, 0.25) is 0 Å². The number of benzene rings is 1. The molecular formula is C15H17NO2. The molecule has 0 amide bonds. The Morgan fingerprint density at radius 3 is 2.50 bits per heavy atom. The van der Waals surface area contributed by atoms with Gasteiger partial charge in [-0.15, -0.1) is 0 Å². The Balaban J connectivity index is 2.07. The minimum atomic E-state index is 0.176. The van der Waals surface area contributed by atoms with Crippen LogP contribution >= 0.6 is 0 Å². The summed E-state index contributed by atoms with van der Waals surface area (Å²) in [5.41, 5.74) is 1.84. The number of carbonyl (C=O) groups is 1. The molecule has 0 aliphatic heterocycles. The summed E-state index contributed by atoms with van der Waals surface area (Å²) < 4.78 is 5.31. The summed E-state index contributed by atoms with van der Waals surface area (Å²) in [7, 11) is 2.00. The highest BCUT2D eigenvalue weighted by molar-refractivity contribution is 5.96. The van der Waals surface area contributed by atoms with Crippen LogP contribution in [0.5, 0.6) is 0 Å². The van der Waals surface area contributed by atoms with Crippen molar-refractivity contribution in [1.29, 1.82) is 0 Å². The molecule has 0 atom stereocenters. The maximum atomic E-state index is 11.5. The van der Waals surface area contributed by atoms with Gasteiger partial charge in [-0.2, -0.15) is 0 Å². The highest BCUT2D eigenvalue weighted by Crippen LogP contribution is 2.17. The second-order valence-corrected chi connectivity index (χ2v) is 4.26. The van der Waals surface area contributed by atoms with Gasteiger partial charge in [-0.05, 0) is 36.4 Å². The summed E-state index contributed by atoms with van der Waals surface area (Å²) in [6.45, 7) is 2.59. The van der Waals surface area contributed by atoms with Crippen molar-refractivity contribution >= 4 is 11.5 Å². The van der Waals surface area contributed by atoms with Gasteiger partial charge in [0.15, 0.2) is 5.78 Å². The molecule has 1 heterocycles. The first-order valence-corrected chi connectivity index (χ1v) is 6.07. The topological polar surface area (TPSA) is 33.5 Å². The molecular weight excluding hydrogens is 226 g/mol. The van der Waals surface area contributed by atoms with Crippen LogP contribution in [0.4, 0.5) is 5.69 Å². The van der Waals surface area contributed by atoms with Crippen molar-refractivity contribution in [2.45, 2.75) is 19.9 Å². The molecule has 0 unspecified atom stereocenters. The molecule has 0 saturated heterocycles. The van der Waals surface area contributed by atoms with Gasteiger partial charge in [0.1, 0.15) is 5.76 Å². The van der Waals surface area contributed by atoms with E-state index in [9.17, 15) is 4.79 Å². The van der Waals surface area contributed by atoms with Crippen LogP contribution in [0.1, 0.15) is 29.5 Å². The summed E-state index contributed by atoms with van der Waals surface area (Å²) in [5.74, 6) is 1.10. The van der Waals surface area contributed by atoms with E-state index in [4.69, 9.17) is 4.42 Å². The zero-order chi connectivity index (χ0) is 13.0. The zero-order valence-electron chi connectivity index (χ0n) is 10.7. The number of hydrogen-bond donors (Lipinski definition) is 0. The van der Waals surface area contributed by atoms with Crippen LogP contribution in [0.15, 0.2) is 47.1 Å². The molecule has 0 aliphatic carbocycles. The van der Waals surface area contributed by atoms with Crippen LogP contribution < -0.4 is 4.90 Å². The molecule has 94 valence electrons. The number of hydrogen-bond acceptors (Lipinski definition) is 3. The maximum absolute atomic E-state index is 11.5. The summed E-state index contributed by atoms with van der Waals surface area (Å²) in [6.07, 6.45) is 2.22. The van der Waals surface area contributed by atoms with E-state index < -0.39 is 0 Å². The third kappa shape index (κ3) is 2.80. The Hall–Kier alpha value is -2.03. The average Bonchev–Trinajstić information content (AvgIpc) is 2.91. The Morgan fingerprint density at radius 2 is 1.94 bits per heavy atom. The molecule has 3 nitrogen and oxygen atoms in total. The first-order chi connectivity index (χ1) is 8.70. The molecule has 18 heavy (non-hydrogen) atoms. The normalized spacial score (nSPS) is 10.3. The lowest BCUT2D eigenvalue weighted by molar-refractivity contribution is 0.0988. The van der Waals surface area contributed by atoms with Crippen LogP contribution in [0, 0.1) is 0 Å². The van der Waals surface area contributed by atoms with Crippen LogP contribution in [-0.2, 0) is 6.54 Å². The lowest BCUT2D eigenvalue weighted by Gasteiger charge is -2.18. The SMILES string of the molecule is CCC(=O)c1ccc(N(C)Cc2ccco2)cc1. The minimum Gasteiger partial charge on any atom is -0.467 e. The Bertz CT molecular complexity index is 500. The molecule has 3 heteroatoms. The van der Waals surface area contributed by atoms with Crippen LogP contribution in [-0.4, -0.2) is 12.8 Å². The maximum Gasteiger partial charge on any atom is 0.162 e. The fourth-order valence-electron chi connectivity index (χ4n) is 1.83. The van der Waals surface area contributed by atoms with E-state index >= 15 is 0 Å². The average molecular weight is 243 g/mol. The van der Waals surface area contributed by atoms with E-state index in [1.165, 1.54) is 0 Å². The minimum absolute atomic E-state index is 0.176. The summed E-state index contributed by atoms with van der Waals surface area (Å²) in [6, 6.07) is 11.5. The molecule has 2 aromatic rings. The van der Waals surface area contributed by atoms with Gasteiger partial charge in [-0.3, -0.25) is 4.79 Å². The monoisotopic (exact) mass is 243 g/mol. The predicted molar refractivity (Wildman–Crippen MR) is 71.9 cm³/mol. The first-order valence-electron chi connectivity index (χ1n) is 6.07. The van der Waals surface area contributed by atoms with E-state index in [2.05, 4.69) is 4.90 Å². The predicted octanol–water partition coefficient (Wildman–Crippen LogP) is 3.51. The van der Waals surface area contributed by atoms with E-state index in [-0.39, 0.29) is 5.78 Å². The molecule has 1 aromatic carbocycles. The Kier molecular flexibility index (Phi) is 3.82. The number of ketones is 1. The van der Waals surface area contributed by atoms with Crippen molar-refractivity contribution in [1.82, 2.24) is 0 Å². The number of Topliss-reactive ketones (excluding diaryl/α,β-unsaturated/α-hetero) is 1. The van der Waals surface area contributed by atoms with Crippen molar-refractivity contribution in [3.8, 4) is 0 Å². The first kappa shape index (κ1) is 12.4. The third-order valence-electron chi connectivity index (χ3n) is 2.92. The van der Waals surface area contributed by atoms with E-state index in [0.717, 1.165) is 17.0 Å². The molecule has 0 radical (unpaired) electrons. The lowest BCUT2D eigenvalue weighted by Crippen LogP contribution is -2.15. The van der Waals surface area contributed by atoms with Gasteiger partial charge in [0.05, 0.1) is 12.8 Å². The van der Waals surface area contributed by atoms with Gasteiger partial charge in [-0.1, -0.05) is 6.92 Å². The largest absolute Gasteiger partial charge is 0.467 e. The lowest BCUT2D eigenvalue weighted by atomic mass is 10.1. The van der Waals surface area contributed by atoms with Gasteiger partial charge >= 0.3 is 0 Å². The van der Waals surface area contributed by atoms with Crippen molar-refractivity contribution in [3.63, 3.8) is 0 Å². The highest BCUT2D eigenvalue weighted by atomic mass is 16.3. The zero-order valence-corrected chi connectivity index (χ0v) is 10.7. The standard InChI is InChI=1S/C15H17NO2/c1-3-15(17)12-6-8-13(9-7-12)16(2)11-14-5-4-10-18-14/h4-10H,3,11H2,1-2H3. The molecule has 1 aromatic heterocycles. The molecule has 0 N–H and O–H groups in total. The number of anilines is 1. The molecule has 0 bridgehead atoms. The summed E-state index contributed by atoms with van der Waals surface area (Å²) in [4.78, 5) is 13.6. The molecule has 2 rings (SSSR count). The smallest absolute Gasteiger partial charge is 0.162 e. The van der Waals surface area contributed by atoms with Gasteiger partial charge in [0.25, 0.3) is 0 Å². The van der Waals surface area contributed by atoms with Gasteiger partial charge in [-0.25, -0.2) is 0 Å². The second kappa shape index (κ2) is 5.54. The number of carbonyl (C=O) groups excluding carboxylic acids is 1. The van der Waals surface area contributed by atoms with E-state index in [1.54, 1.807) is 6.26 Å². The second-order valence-electron chi connectivity index (χ2n) is 4.26. The molecule has 0 aliphatic rings. The number of nitrogens with zero attached hydrogens (tertiary/aromatic N) is 1. The van der Waals surface area contributed by atoms with Crippen LogP contribution in [0.3, 0.4) is 0 Å². The molecule has 0 fully saturated rings. The van der Waals surface area contributed by atoms with E-state index in [0.29, 0.717) is 13.0 Å². The summed E-state index contributed by atoms with van der Waals surface area (Å²) in [5, 5.41) is 0. The van der Waals surface area contributed by atoms with Crippen molar-refractivity contribution < 1.29 is 9.21 Å². The fraction of sp³-hybridized carbons (Fsp3) is 0.267. The quantitative estimate of drug-likeness (QED) is 0.753. The van der Waals surface area contributed by atoms with Crippen molar-refractivity contribution in [2.75, 3.05) is 11.9 Å². The molecule has 0 spiro atoms. The third-order valence-corrected chi connectivity index (χ3v) is 2.92.